The van der Waals surface area contributed by atoms with Gasteiger partial charge in [-0.05, 0) is 12.8 Å². The molecule has 41 heavy (non-hydrogen) atoms. The predicted octanol–water partition coefficient (Wildman–Crippen LogP) is 4.32. The summed E-state index contributed by atoms with van der Waals surface area (Å²) in [7, 11) is 0. The van der Waals surface area contributed by atoms with E-state index in [4.69, 9.17) is 18.9 Å². The molecule has 10 heteroatoms. The minimum absolute atomic E-state index is 0.212. The molecule has 10 nitrogen and oxygen atoms in total. The van der Waals surface area contributed by atoms with E-state index in [2.05, 4.69) is 13.8 Å². The fourth-order valence-corrected chi connectivity index (χ4v) is 4.83. The molecule has 4 N–H and O–H groups in total. The van der Waals surface area contributed by atoms with E-state index in [1.807, 2.05) is 0 Å². The van der Waals surface area contributed by atoms with Crippen LogP contribution in [0.15, 0.2) is 0 Å². The van der Waals surface area contributed by atoms with Gasteiger partial charge in [0.25, 0.3) is 0 Å². The Balaban J connectivity index is 2.49. The van der Waals surface area contributed by atoms with Gasteiger partial charge in [-0.3, -0.25) is 9.59 Å². The highest BCUT2D eigenvalue weighted by Gasteiger charge is 2.44. The van der Waals surface area contributed by atoms with Crippen LogP contribution < -0.4 is 0 Å². The fourth-order valence-electron chi connectivity index (χ4n) is 4.83. The maximum absolute atomic E-state index is 12.5. The molecule has 0 bridgehead atoms. The van der Waals surface area contributed by atoms with E-state index in [1.54, 1.807) is 0 Å². The van der Waals surface area contributed by atoms with E-state index >= 15 is 0 Å². The quantitative estimate of drug-likeness (QED) is 0.0893. The Bertz CT molecular complexity index is 659. The van der Waals surface area contributed by atoms with E-state index in [0.717, 1.165) is 44.9 Å². The maximum Gasteiger partial charge on any atom is 0.306 e. The molecule has 0 spiro atoms. The molecule has 1 fully saturated rings. The number of aliphatic hydroxyl groups excluding tert-OH is 4. The Morgan fingerprint density at radius 3 is 1.66 bits per heavy atom. The Hall–Kier alpha value is -1.30. The van der Waals surface area contributed by atoms with Gasteiger partial charge in [0.05, 0.1) is 13.2 Å². The van der Waals surface area contributed by atoms with Crippen molar-refractivity contribution in [2.45, 2.75) is 166 Å². The predicted molar refractivity (Wildman–Crippen MR) is 155 cm³/mol. The molecule has 1 saturated heterocycles. The molecule has 6 atom stereocenters. The smallest absolute Gasteiger partial charge is 0.306 e. The second-order valence-corrected chi connectivity index (χ2v) is 11.3. The molecule has 1 aliphatic rings. The molecule has 0 amide bonds. The lowest BCUT2D eigenvalue weighted by molar-refractivity contribution is -0.305. The third kappa shape index (κ3) is 17.4. The van der Waals surface area contributed by atoms with E-state index in [0.29, 0.717) is 6.42 Å². The Morgan fingerprint density at radius 2 is 1.15 bits per heavy atom. The summed E-state index contributed by atoms with van der Waals surface area (Å²) in [6.07, 6.45) is 10.1. The van der Waals surface area contributed by atoms with Gasteiger partial charge in [-0.15, -0.1) is 0 Å². The van der Waals surface area contributed by atoms with Gasteiger partial charge >= 0.3 is 11.9 Å². The summed E-state index contributed by atoms with van der Waals surface area (Å²) in [4.78, 5) is 24.8. The summed E-state index contributed by atoms with van der Waals surface area (Å²) >= 11 is 0. The van der Waals surface area contributed by atoms with E-state index in [9.17, 15) is 30.0 Å². The molecule has 0 unspecified atom stereocenters. The first-order chi connectivity index (χ1) is 19.8. The number of hydrogen-bond donors (Lipinski definition) is 4. The number of carbonyl (C=O) groups excluding carboxylic acids is 2. The summed E-state index contributed by atoms with van der Waals surface area (Å²) < 4.78 is 21.8. The molecule has 0 aromatic rings. The van der Waals surface area contributed by atoms with Crippen LogP contribution in [0.2, 0.25) is 0 Å². The zero-order valence-corrected chi connectivity index (χ0v) is 25.6. The number of unbranched alkanes of at least 4 members (excludes halogenated alkanes) is 14. The number of hydrogen-bond acceptors (Lipinski definition) is 10. The summed E-state index contributed by atoms with van der Waals surface area (Å²) in [6.45, 7) is 3.31. The molecule has 1 heterocycles. The van der Waals surface area contributed by atoms with Crippen LogP contribution in [0.5, 0.6) is 0 Å². The van der Waals surface area contributed by atoms with Crippen molar-refractivity contribution >= 4 is 11.9 Å². The highest BCUT2D eigenvalue weighted by molar-refractivity contribution is 5.70. The summed E-state index contributed by atoms with van der Waals surface area (Å²) in [5.41, 5.74) is 0. The van der Waals surface area contributed by atoms with Gasteiger partial charge in [-0.25, -0.2) is 0 Å². The number of esters is 2. The second kappa shape index (κ2) is 24.2. The van der Waals surface area contributed by atoms with Crippen molar-refractivity contribution in [1.82, 2.24) is 0 Å². The highest BCUT2D eigenvalue weighted by Crippen LogP contribution is 2.22. The first-order valence-electron chi connectivity index (χ1n) is 16.1. The lowest BCUT2D eigenvalue weighted by atomic mass is 9.99. The zero-order chi connectivity index (χ0) is 30.3. The van der Waals surface area contributed by atoms with Crippen molar-refractivity contribution in [3.8, 4) is 0 Å². The van der Waals surface area contributed by atoms with Gasteiger partial charge < -0.3 is 39.4 Å². The summed E-state index contributed by atoms with van der Waals surface area (Å²) in [5.74, 6) is -0.815. The van der Waals surface area contributed by atoms with Gasteiger partial charge in [0.15, 0.2) is 12.4 Å². The number of aliphatic hydroxyl groups is 4. The summed E-state index contributed by atoms with van der Waals surface area (Å²) in [6, 6.07) is 0. The molecule has 0 aliphatic carbocycles. The van der Waals surface area contributed by atoms with Crippen molar-refractivity contribution in [2.75, 3.05) is 19.8 Å². The van der Waals surface area contributed by atoms with Gasteiger partial charge in [0.2, 0.25) is 0 Å². The van der Waals surface area contributed by atoms with Crippen LogP contribution in [0, 0.1) is 0 Å². The highest BCUT2D eigenvalue weighted by atomic mass is 16.7. The molecule has 242 valence electrons. The number of rotatable bonds is 25. The average Bonchev–Trinajstić information content (AvgIpc) is 2.96. The van der Waals surface area contributed by atoms with Crippen molar-refractivity contribution in [3.63, 3.8) is 0 Å². The third-order valence-electron chi connectivity index (χ3n) is 7.49. The average molecular weight is 591 g/mol. The van der Waals surface area contributed by atoms with Crippen molar-refractivity contribution in [3.05, 3.63) is 0 Å². The largest absolute Gasteiger partial charge is 0.462 e. The number of ether oxygens (including phenoxy) is 4. The van der Waals surface area contributed by atoms with E-state index < -0.39 is 49.4 Å². The maximum atomic E-state index is 12.5. The monoisotopic (exact) mass is 590 g/mol. The van der Waals surface area contributed by atoms with Crippen LogP contribution in [-0.4, -0.2) is 89.0 Å². The summed E-state index contributed by atoms with van der Waals surface area (Å²) in [5, 5.41) is 39.6. The Kier molecular flexibility index (Phi) is 22.2. The Morgan fingerprint density at radius 1 is 0.659 bits per heavy atom. The van der Waals surface area contributed by atoms with Crippen LogP contribution in [-0.2, 0) is 28.5 Å². The van der Waals surface area contributed by atoms with Crippen molar-refractivity contribution in [1.29, 1.82) is 0 Å². The van der Waals surface area contributed by atoms with Crippen molar-refractivity contribution in [2.24, 2.45) is 0 Å². The fraction of sp³-hybridized carbons (Fsp3) is 0.935. The van der Waals surface area contributed by atoms with Gasteiger partial charge in [-0.1, -0.05) is 104 Å². The second-order valence-electron chi connectivity index (χ2n) is 11.3. The molecule has 0 aromatic carbocycles. The van der Waals surface area contributed by atoms with Gasteiger partial charge in [0, 0.05) is 12.8 Å². The number of carbonyl (C=O) groups is 2. The lowest BCUT2D eigenvalue weighted by Gasteiger charge is -2.39. The standard InChI is InChI=1S/C31H58O10/c1-3-5-7-9-11-12-14-16-18-20-27(34)40-24(22-38-26(33)19-17-15-13-10-8-6-4-2)23-39-31-30(37)29(36)28(35)25(21-32)41-31/h24-25,28-32,35-37H,3-23H2,1-2H3/t24-,25-,28+,29+,30-,31-/m1/s1. The van der Waals surface area contributed by atoms with E-state index in [1.165, 1.54) is 51.4 Å². The zero-order valence-electron chi connectivity index (χ0n) is 25.6. The molecule has 1 rings (SSSR count). The first kappa shape index (κ1) is 37.7. The Labute approximate surface area is 247 Å². The normalized spacial score (nSPS) is 23.3. The molecular weight excluding hydrogens is 532 g/mol. The topological polar surface area (TPSA) is 152 Å². The molecular formula is C31H58O10. The molecule has 0 aromatic heterocycles. The SMILES string of the molecule is CCCCCCCCCCCC(=O)O[C@H](COC(=O)CCCCCCCCC)CO[C@@H]1O[C@H](CO)[C@H](O)[C@H](O)[C@H]1O. The molecule has 1 aliphatic heterocycles. The first-order valence-corrected chi connectivity index (χ1v) is 16.1. The van der Waals surface area contributed by atoms with Crippen LogP contribution in [0.25, 0.3) is 0 Å². The van der Waals surface area contributed by atoms with Crippen LogP contribution in [0.3, 0.4) is 0 Å². The van der Waals surface area contributed by atoms with E-state index in [-0.39, 0.29) is 32.0 Å². The minimum Gasteiger partial charge on any atom is -0.462 e. The van der Waals surface area contributed by atoms with Crippen molar-refractivity contribution < 1.29 is 49.0 Å². The molecule has 0 saturated carbocycles. The van der Waals surface area contributed by atoms with Crippen LogP contribution >= 0.6 is 0 Å². The minimum atomic E-state index is -1.58. The van der Waals surface area contributed by atoms with Gasteiger partial charge in [0.1, 0.15) is 31.0 Å². The lowest BCUT2D eigenvalue weighted by Crippen LogP contribution is -2.59. The third-order valence-corrected chi connectivity index (χ3v) is 7.49. The van der Waals surface area contributed by atoms with Gasteiger partial charge in [-0.2, -0.15) is 0 Å². The van der Waals surface area contributed by atoms with Crippen LogP contribution in [0.1, 0.15) is 129 Å². The van der Waals surface area contributed by atoms with Crippen LogP contribution in [0.4, 0.5) is 0 Å². The molecule has 0 radical (unpaired) electrons.